The van der Waals surface area contributed by atoms with Gasteiger partial charge in [0.15, 0.2) is 0 Å². The lowest BCUT2D eigenvalue weighted by Gasteiger charge is -2.30. The van der Waals surface area contributed by atoms with E-state index in [1.165, 1.54) is 44.3 Å². The molecule has 2 unspecified atom stereocenters. The molecule has 0 aromatic carbocycles. The topological polar surface area (TPSA) is 12.0 Å². The third kappa shape index (κ3) is 5.58. The molecule has 1 heterocycles. The van der Waals surface area contributed by atoms with E-state index in [1.807, 2.05) is 0 Å². The zero-order valence-electron chi connectivity index (χ0n) is 11.3. The van der Waals surface area contributed by atoms with Gasteiger partial charge in [0.1, 0.15) is 0 Å². The molecule has 0 spiro atoms. The number of hydrogen-bond donors (Lipinski definition) is 1. The van der Waals surface area contributed by atoms with Crippen molar-refractivity contribution < 1.29 is 0 Å². The molecule has 0 amide bonds. The van der Waals surface area contributed by atoms with E-state index in [0.717, 1.165) is 23.8 Å². The molecule has 0 radical (unpaired) electrons. The minimum Gasteiger partial charge on any atom is -0.313 e. The second-order valence-corrected chi connectivity index (χ2v) is 6.74. The summed E-state index contributed by atoms with van der Waals surface area (Å²) in [5.41, 5.74) is 0. The van der Waals surface area contributed by atoms with Crippen LogP contribution in [0.2, 0.25) is 0 Å². The van der Waals surface area contributed by atoms with Crippen LogP contribution in [0.3, 0.4) is 0 Å². The summed E-state index contributed by atoms with van der Waals surface area (Å²) in [7, 11) is 0. The first-order valence-electron chi connectivity index (χ1n) is 7.09. The van der Waals surface area contributed by atoms with Gasteiger partial charge >= 0.3 is 0 Å². The lowest BCUT2D eigenvalue weighted by molar-refractivity contribution is 0.416. The Morgan fingerprint density at radius 3 is 2.62 bits per heavy atom. The van der Waals surface area contributed by atoms with Crippen molar-refractivity contribution in [2.45, 2.75) is 70.6 Å². The van der Waals surface area contributed by atoms with Crippen molar-refractivity contribution in [2.24, 2.45) is 5.92 Å². The van der Waals surface area contributed by atoms with Gasteiger partial charge in [-0.3, -0.25) is 0 Å². The fourth-order valence-corrected chi connectivity index (χ4v) is 3.98. The smallest absolute Gasteiger partial charge is 0.0201 e. The summed E-state index contributed by atoms with van der Waals surface area (Å²) in [6.45, 7) is 8.03. The van der Waals surface area contributed by atoms with Gasteiger partial charge in [0, 0.05) is 11.3 Å². The van der Waals surface area contributed by atoms with Crippen LogP contribution >= 0.6 is 11.8 Å². The zero-order chi connectivity index (χ0) is 11.8. The van der Waals surface area contributed by atoms with E-state index in [0.29, 0.717) is 0 Å². The highest BCUT2D eigenvalue weighted by Crippen LogP contribution is 2.29. The summed E-state index contributed by atoms with van der Waals surface area (Å²) in [4.78, 5) is 0. The van der Waals surface area contributed by atoms with Gasteiger partial charge in [0.25, 0.3) is 0 Å². The summed E-state index contributed by atoms with van der Waals surface area (Å²) in [6, 6.07) is 0.772. The minimum atomic E-state index is 0.772. The van der Waals surface area contributed by atoms with Crippen LogP contribution in [0.25, 0.3) is 0 Å². The second-order valence-electron chi connectivity index (χ2n) is 5.39. The molecule has 0 aromatic rings. The Bertz CT molecular complexity index is 164. The first-order valence-corrected chi connectivity index (χ1v) is 8.14. The molecule has 1 nitrogen and oxygen atoms in total. The van der Waals surface area contributed by atoms with Crippen LogP contribution in [0.4, 0.5) is 0 Å². The highest BCUT2D eigenvalue weighted by molar-refractivity contribution is 8.00. The fourth-order valence-electron chi connectivity index (χ4n) is 2.51. The molecule has 1 fully saturated rings. The molecule has 0 aromatic heterocycles. The Hall–Kier alpha value is 0.310. The lowest BCUT2D eigenvalue weighted by Crippen LogP contribution is -2.39. The first-order chi connectivity index (χ1) is 7.74. The lowest BCUT2D eigenvalue weighted by atomic mass is 9.98. The number of rotatable bonds is 7. The Labute approximate surface area is 106 Å². The van der Waals surface area contributed by atoms with Crippen LogP contribution in [0.15, 0.2) is 0 Å². The van der Waals surface area contributed by atoms with E-state index >= 15 is 0 Å². The van der Waals surface area contributed by atoms with Gasteiger partial charge in [-0.05, 0) is 37.5 Å². The van der Waals surface area contributed by atoms with Crippen LogP contribution in [-0.4, -0.2) is 23.6 Å². The second kappa shape index (κ2) is 8.41. The maximum atomic E-state index is 3.71. The molecule has 2 atom stereocenters. The summed E-state index contributed by atoms with van der Waals surface area (Å²) >= 11 is 2.21. The van der Waals surface area contributed by atoms with Gasteiger partial charge in [0.2, 0.25) is 0 Å². The summed E-state index contributed by atoms with van der Waals surface area (Å²) in [5.74, 6) is 2.25. The van der Waals surface area contributed by atoms with Gasteiger partial charge in [-0.15, -0.1) is 0 Å². The monoisotopic (exact) mass is 243 g/mol. The van der Waals surface area contributed by atoms with E-state index in [2.05, 4.69) is 37.8 Å². The predicted octanol–water partition coefficient (Wildman–Crippen LogP) is 4.08. The Kier molecular flexibility index (Phi) is 7.55. The summed E-state index contributed by atoms with van der Waals surface area (Å²) in [6.07, 6.45) is 8.48. The minimum absolute atomic E-state index is 0.772. The summed E-state index contributed by atoms with van der Waals surface area (Å²) < 4.78 is 0. The van der Waals surface area contributed by atoms with E-state index in [9.17, 15) is 0 Å². The predicted molar refractivity (Wildman–Crippen MR) is 76.3 cm³/mol. The average Bonchev–Trinajstić information content (AvgIpc) is 2.29. The number of thioether (sulfide) groups is 1. The van der Waals surface area contributed by atoms with Crippen molar-refractivity contribution in [2.75, 3.05) is 12.3 Å². The van der Waals surface area contributed by atoms with Gasteiger partial charge in [-0.25, -0.2) is 0 Å². The van der Waals surface area contributed by atoms with Crippen LogP contribution in [0.5, 0.6) is 0 Å². The van der Waals surface area contributed by atoms with Crippen LogP contribution in [0.1, 0.15) is 59.3 Å². The maximum Gasteiger partial charge on any atom is 0.0201 e. The third-order valence-electron chi connectivity index (χ3n) is 3.43. The Morgan fingerprint density at radius 1 is 1.25 bits per heavy atom. The molecule has 1 saturated heterocycles. The molecule has 96 valence electrons. The van der Waals surface area contributed by atoms with Crippen LogP contribution in [0, 0.1) is 5.92 Å². The molecular formula is C14H29NS. The maximum absolute atomic E-state index is 3.71. The number of nitrogens with one attached hydrogen (secondary N) is 1. The molecular weight excluding hydrogens is 214 g/mol. The molecule has 16 heavy (non-hydrogen) atoms. The van der Waals surface area contributed by atoms with Crippen molar-refractivity contribution >= 4 is 11.8 Å². The summed E-state index contributed by atoms with van der Waals surface area (Å²) in [5, 5.41) is 4.59. The van der Waals surface area contributed by atoms with Crippen LogP contribution < -0.4 is 5.32 Å². The van der Waals surface area contributed by atoms with Crippen molar-refractivity contribution in [1.82, 2.24) is 5.32 Å². The van der Waals surface area contributed by atoms with Crippen molar-refractivity contribution in [3.05, 3.63) is 0 Å². The standard InChI is InChI=1S/C14H29NS/c1-4-15-13(9-7-8-12(2)3)14-10-5-6-11-16-14/h12-15H,4-11H2,1-3H3. The van der Waals surface area contributed by atoms with Crippen molar-refractivity contribution in [3.8, 4) is 0 Å². The van der Waals surface area contributed by atoms with Gasteiger partial charge in [0.05, 0.1) is 0 Å². The number of hydrogen-bond acceptors (Lipinski definition) is 2. The largest absolute Gasteiger partial charge is 0.313 e. The van der Waals surface area contributed by atoms with E-state index in [1.54, 1.807) is 0 Å². The van der Waals surface area contributed by atoms with Gasteiger partial charge < -0.3 is 5.32 Å². The first kappa shape index (κ1) is 14.4. The highest BCUT2D eigenvalue weighted by Gasteiger charge is 2.22. The van der Waals surface area contributed by atoms with E-state index < -0.39 is 0 Å². The van der Waals surface area contributed by atoms with Crippen molar-refractivity contribution in [3.63, 3.8) is 0 Å². The zero-order valence-corrected chi connectivity index (χ0v) is 12.1. The normalized spacial score (nSPS) is 23.6. The fraction of sp³-hybridized carbons (Fsp3) is 1.00. The Morgan fingerprint density at radius 2 is 2.06 bits per heavy atom. The van der Waals surface area contributed by atoms with E-state index in [4.69, 9.17) is 0 Å². The molecule has 1 aliphatic heterocycles. The third-order valence-corrected chi connectivity index (χ3v) is 4.94. The van der Waals surface area contributed by atoms with Crippen LogP contribution in [-0.2, 0) is 0 Å². The highest BCUT2D eigenvalue weighted by atomic mass is 32.2. The SMILES string of the molecule is CCNC(CCCC(C)C)C1CCCCS1. The molecule has 1 N–H and O–H groups in total. The molecule has 0 bridgehead atoms. The van der Waals surface area contributed by atoms with E-state index in [-0.39, 0.29) is 0 Å². The molecule has 0 aliphatic carbocycles. The molecule has 1 rings (SSSR count). The Balaban J connectivity index is 2.27. The van der Waals surface area contributed by atoms with Gasteiger partial charge in [-0.2, -0.15) is 11.8 Å². The van der Waals surface area contributed by atoms with Crippen molar-refractivity contribution in [1.29, 1.82) is 0 Å². The molecule has 2 heteroatoms. The quantitative estimate of drug-likeness (QED) is 0.723. The van der Waals surface area contributed by atoms with Gasteiger partial charge in [-0.1, -0.05) is 40.0 Å². The molecule has 0 saturated carbocycles. The average molecular weight is 243 g/mol. The molecule has 1 aliphatic rings.